The standard InChI is InChI=1S/C22H21N5O/c1-16-24-25-21-14-13-20(26-27(16)21)18-10-6-11-19(15-18)23-22(28)12-5-9-17-7-3-2-4-8-17/h2-4,6-8,10-11,13-15H,5,9,12H2,1H3,(H,23,28). The molecule has 6 nitrogen and oxygen atoms in total. The van der Waals surface area contributed by atoms with Gasteiger partial charge in [0.05, 0.1) is 5.69 Å². The van der Waals surface area contributed by atoms with Crippen molar-refractivity contribution in [2.75, 3.05) is 5.32 Å². The maximum Gasteiger partial charge on any atom is 0.224 e. The van der Waals surface area contributed by atoms with E-state index < -0.39 is 0 Å². The van der Waals surface area contributed by atoms with Crippen LogP contribution in [-0.4, -0.2) is 25.7 Å². The molecule has 28 heavy (non-hydrogen) atoms. The maximum absolute atomic E-state index is 12.3. The Kier molecular flexibility index (Phi) is 5.10. The molecular formula is C22H21N5O. The van der Waals surface area contributed by atoms with E-state index in [1.165, 1.54) is 5.56 Å². The van der Waals surface area contributed by atoms with Crippen molar-refractivity contribution in [3.8, 4) is 11.3 Å². The van der Waals surface area contributed by atoms with E-state index in [-0.39, 0.29) is 5.91 Å². The van der Waals surface area contributed by atoms with Crippen LogP contribution in [0.3, 0.4) is 0 Å². The van der Waals surface area contributed by atoms with Crippen LogP contribution in [0, 0.1) is 6.92 Å². The van der Waals surface area contributed by atoms with Crippen LogP contribution in [0.2, 0.25) is 0 Å². The third-order valence-electron chi connectivity index (χ3n) is 4.57. The van der Waals surface area contributed by atoms with E-state index in [2.05, 4.69) is 32.7 Å². The second-order valence-corrected chi connectivity index (χ2v) is 6.70. The molecule has 2 heterocycles. The maximum atomic E-state index is 12.3. The zero-order valence-corrected chi connectivity index (χ0v) is 15.7. The van der Waals surface area contributed by atoms with E-state index in [0.717, 1.165) is 35.6 Å². The normalized spacial score (nSPS) is 10.9. The van der Waals surface area contributed by atoms with Crippen LogP contribution in [0.1, 0.15) is 24.2 Å². The third kappa shape index (κ3) is 4.06. The highest BCUT2D eigenvalue weighted by Gasteiger charge is 2.08. The Balaban J connectivity index is 1.41. The van der Waals surface area contributed by atoms with Crippen molar-refractivity contribution in [1.29, 1.82) is 0 Å². The number of rotatable bonds is 6. The summed E-state index contributed by atoms with van der Waals surface area (Å²) in [6.07, 6.45) is 2.21. The Labute approximate surface area is 163 Å². The monoisotopic (exact) mass is 371 g/mol. The van der Waals surface area contributed by atoms with E-state index in [1.807, 2.05) is 61.5 Å². The highest BCUT2D eigenvalue weighted by atomic mass is 16.1. The van der Waals surface area contributed by atoms with Gasteiger partial charge in [-0.1, -0.05) is 42.5 Å². The number of aromatic nitrogens is 4. The van der Waals surface area contributed by atoms with Crippen molar-refractivity contribution in [1.82, 2.24) is 19.8 Å². The summed E-state index contributed by atoms with van der Waals surface area (Å²) in [5.41, 5.74) is 4.46. The van der Waals surface area contributed by atoms with Gasteiger partial charge in [0.2, 0.25) is 5.91 Å². The minimum absolute atomic E-state index is 0.0196. The number of aryl methyl sites for hydroxylation is 2. The van der Waals surface area contributed by atoms with Crippen molar-refractivity contribution in [3.63, 3.8) is 0 Å². The fourth-order valence-electron chi connectivity index (χ4n) is 3.13. The van der Waals surface area contributed by atoms with Gasteiger partial charge in [-0.25, -0.2) is 0 Å². The Morgan fingerprint density at radius 3 is 2.71 bits per heavy atom. The number of hydrogen-bond donors (Lipinski definition) is 1. The molecule has 1 N–H and O–H groups in total. The average molecular weight is 371 g/mol. The second kappa shape index (κ2) is 8.00. The summed E-state index contributed by atoms with van der Waals surface area (Å²) < 4.78 is 1.71. The molecule has 0 atom stereocenters. The predicted molar refractivity (Wildman–Crippen MR) is 109 cm³/mol. The van der Waals surface area contributed by atoms with Crippen LogP contribution in [0.15, 0.2) is 66.7 Å². The number of nitrogens with zero attached hydrogens (tertiary/aromatic N) is 4. The number of carbonyl (C=O) groups excluding carboxylic acids is 1. The van der Waals surface area contributed by atoms with Crippen LogP contribution in [0.5, 0.6) is 0 Å². The number of carbonyl (C=O) groups is 1. The first-order valence-corrected chi connectivity index (χ1v) is 9.32. The fraction of sp³-hybridized carbons (Fsp3) is 0.182. The summed E-state index contributed by atoms with van der Waals surface area (Å²) in [7, 11) is 0. The lowest BCUT2D eigenvalue weighted by atomic mass is 10.1. The van der Waals surface area contributed by atoms with Crippen molar-refractivity contribution in [3.05, 3.63) is 78.1 Å². The first-order valence-electron chi connectivity index (χ1n) is 9.32. The Morgan fingerprint density at radius 1 is 1.00 bits per heavy atom. The molecular weight excluding hydrogens is 350 g/mol. The fourth-order valence-corrected chi connectivity index (χ4v) is 3.13. The van der Waals surface area contributed by atoms with E-state index >= 15 is 0 Å². The van der Waals surface area contributed by atoms with Gasteiger partial charge in [0.25, 0.3) is 0 Å². The van der Waals surface area contributed by atoms with Crippen molar-refractivity contribution in [2.24, 2.45) is 0 Å². The number of amides is 1. The highest BCUT2D eigenvalue weighted by Crippen LogP contribution is 2.21. The smallest absolute Gasteiger partial charge is 0.224 e. The van der Waals surface area contributed by atoms with Crippen molar-refractivity contribution in [2.45, 2.75) is 26.2 Å². The summed E-state index contributed by atoms with van der Waals surface area (Å²) in [5.74, 6) is 0.755. The largest absolute Gasteiger partial charge is 0.326 e. The molecule has 0 aliphatic heterocycles. The molecule has 0 saturated carbocycles. The molecule has 6 heteroatoms. The lowest BCUT2D eigenvalue weighted by Gasteiger charge is -2.08. The van der Waals surface area contributed by atoms with Gasteiger partial charge in [-0.15, -0.1) is 10.2 Å². The molecule has 140 valence electrons. The third-order valence-corrected chi connectivity index (χ3v) is 4.57. The summed E-state index contributed by atoms with van der Waals surface area (Å²) in [6.45, 7) is 1.86. The lowest BCUT2D eigenvalue weighted by Crippen LogP contribution is -2.11. The SMILES string of the molecule is Cc1nnc2ccc(-c3cccc(NC(=O)CCCc4ccccc4)c3)nn12. The van der Waals surface area contributed by atoms with Gasteiger partial charge < -0.3 is 5.32 Å². The number of hydrogen-bond acceptors (Lipinski definition) is 4. The van der Waals surface area contributed by atoms with Gasteiger partial charge in [-0.3, -0.25) is 4.79 Å². The molecule has 0 spiro atoms. The Morgan fingerprint density at radius 2 is 1.86 bits per heavy atom. The van der Waals surface area contributed by atoms with Crippen LogP contribution in [-0.2, 0) is 11.2 Å². The van der Waals surface area contributed by atoms with E-state index in [4.69, 9.17) is 0 Å². The predicted octanol–water partition coefficient (Wildman–Crippen LogP) is 4.06. The van der Waals surface area contributed by atoms with Crippen LogP contribution in [0.25, 0.3) is 16.9 Å². The molecule has 2 aromatic carbocycles. The Bertz CT molecular complexity index is 1100. The van der Waals surface area contributed by atoms with Gasteiger partial charge in [0.15, 0.2) is 11.5 Å². The first kappa shape index (κ1) is 17.9. The van der Waals surface area contributed by atoms with Gasteiger partial charge in [-0.2, -0.15) is 9.61 Å². The molecule has 0 bridgehead atoms. The zero-order chi connectivity index (χ0) is 19.3. The van der Waals surface area contributed by atoms with Crippen LogP contribution >= 0.6 is 0 Å². The minimum Gasteiger partial charge on any atom is -0.326 e. The summed E-state index contributed by atoms with van der Waals surface area (Å²) in [6, 6.07) is 21.7. The van der Waals surface area contributed by atoms with E-state index in [0.29, 0.717) is 12.1 Å². The molecule has 0 aliphatic rings. The number of nitrogens with one attached hydrogen (secondary N) is 1. The molecule has 4 rings (SSSR count). The molecule has 2 aromatic heterocycles. The second-order valence-electron chi connectivity index (χ2n) is 6.70. The minimum atomic E-state index is 0.0196. The molecule has 0 saturated heterocycles. The summed E-state index contributed by atoms with van der Waals surface area (Å²) in [5, 5.41) is 15.7. The van der Waals surface area contributed by atoms with Gasteiger partial charge in [0.1, 0.15) is 0 Å². The van der Waals surface area contributed by atoms with Crippen LogP contribution < -0.4 is 5.32 Å². The number of fused-ring (bicyclic) bond motifs is 1. The summed E-state index contributed by atoms with van der Waals surface area (Å²) in [4.78, 5) is 12.3. The summed E-state index contributed by atoms with van der Waals surface area (Å²) >= 11 is 0. The average Bonchev–Trinajstić information content (AvgIpc) is 3.09. The van der Waals surface area contributed by atoms with Crippen molar-refractivity contribution >= 4 is 17.2 Å². The quantitative estimate of drug-likeness (QED) is 0.555. The van der Waals surface area contributed by atoms with Gasteiger partial charge in [-0.05, 0) is 49.6 Å². The first-order chi connectivity index (χ1) is 13.7. The Hall–Kier alpha value is -3.54. The molecule has 0 fully saturated rings. The molecule has 1 amide bonds. The van der Waals surface area contributed by atoms with Gasteiger partial charge in [0, 0.05) is 17.7 Å². The van der Waals surface area contributed by atoms with Crippen LogP contribution in [0.4, 0.5) is 5.69 Å². The molecule has 4 aromatic rings. The topological polar surface area (TPSA) is 72.2 Å². The van der Waals surface area contributed by atoms with Crippen molar-refractivity contribution < 1.29 is 4.79 Å². The highest BCUT2D eigenvalue weighted by molar-refractivity contribution is 5.91. The number of benzene rings is 2. The molecule has 0 unspecified atom stereocenters. The lowest BCUT2D eigenvalue weighted by molar-refractivity contribution is -0.116. The zero-order valence-electron chi connectivity index (χ0n) is 15.7. The molecule has 0 aliphatic carbocycles. The van der Waals surface area contributed by atoms with E-state index in [9.17, 15) is 4.79 Å². The number of anilines is 1. The van der Waals surface area contributed by atoms with Gasteiger partial charge >= 0.3 is 0 Å². The van der Waals surface area contributed by atoms with E-state index in [1.54, 1.807) is 4.52 Å². The molecule has 0 radical (unpaired) electrons.